The highest BCUT2D eigenvalue weighted by Crippen LogP contribution is 2.28. The van der Waals surface area contributed by atoms with Gasteiger partial charge < -0.3 is 14.8 Å². The number of aromatic nitrogens is 1. The average Bonchev–Trinajstić information content (AvgIpc) is 3.38. The van der Waals surface area contributed by atoms with Crippen LogP contribution in [0.15, 0.2) is 40.8 Å². The lowest BCUT2D eigenvalue weighted by molar-refractivity contribution is 0.254. The molecule has 0 saturated carbocycles. The van der Waals surface area contributed by atoms with Crippen molar-refractivity contribution in [1.29, 1.82) is 0 Å². The van der Waals surface area contributed by atoms with Crippen LogP contribution in [-0.4, -0.2) is 53.6 Å². The van der Waals surface area contributed by atoms with E-state index in [1.54, 1.807) is 0 Å². The number of nitrogens with zero attached hydrogens (tertiary/aromatic N) is 4. The second kappa shape index (κ2) is 11.1. The Hall–Kier alpha value is -1.06. The Morgan fingerprint density at radius 1 is 1.30 bits per heavy atom. The molecule has 7 heteroatoms. The molecule has 1 saturated heterocycles. The molecule has 27 heavy (non-hydrogen) atoms. The fraction of sp³-hybridized carbons (Fsp3) is 0.550. The van der Waals surface area contributed by atoms with Gasteiger partial charge in [-0.05, 0) is 56.4 Å². The lowest BCUT2D eigenvalue weighted by atomic mass is 10.2. The molecule has 1 unspecified atom stereocenters. The first kappa shape index (κ1) is 22.2. The van der Waals surface area contributed by atoms with Crippen molar-refractivity contribution in [2.24, 2.45) is 12.0 Å². The summed E-state index contributed by atoms with van der Waals surface area (Å²) in [6.07, 6.45) is 4.70. The van der Waals surface area contributed by atoms with Gasteiger partial charge in [0.1, 0.15) is 0 Å². The van der Waals surface area contributed by atoms with Gasteiger partial charge in [-0.15, -0.1) is 35.3 Å². The molecule has 0 aromatic carbocycles. The van der Waals surface area contributed by atoms with Gasteiger partial charge in [0.25, 0.3) is 0 Å². The van der Waals surface area contributed by atoms with Crippen molar-refractivity contribution in [3.63, 3.8) is 0 Å². The largest absolute Gasteiger partial charge is 0.357 e. The quantitative estimate of drug-likeness (QED) is 0.355. The number of aryl methyl sites for hydroxylation is 1. The predicted octanol–water partition coefficient (Wildman–Crippen LogP) is 3.94. The number of halogens is 1. The summed E-state index contributed by atoms with van der Waals surface area (Å²) < 4.78 is 2.17. The Kier molecular flexibility index (Phi) is 9.11. The van der Waals surface area contributed by atoms with Gasteiger partial charge in [-0.2, -0.15) is 0 Å². The van der Waals surface area contributed by atoms with Gasteiger partial charge in [0.15, 0.2) is 5.96 Å². The Balaban J connectivity index is 0.00000261. The molecule has 0 spiro atoms. The van der Waals surface area contributed by atoms with E-state index >= 15 is 0 Å². The normalized spacial score (nSPS) is 16.2. The first-order valence-corrected chi connectivity index (χ1v) is 10.4. The van der Waals surface area contributed by atoms with Crippen LogP contribution in [0.4, 0.5) is 0 Å². The van der Waals surface area contributed by atoms with E-state index in [4.69, 9.17) is 4.99 Å². The first-order chi connectivity index (χ1) is 12.7. The van der Waals surface area contributed by atoms with Crippen molar-refractivity contribution >= 4 is 41.3 Å². The van der Waals surface area contributed by atoms with Crippen molar-refractivity contribution in [2.45, 2.75) is 32.4 Å². The number of hydrogen-bond acceptors (Lipinski definition) is 3. The molecule has 150 valence electrons. The maximum atomic E-state index is 5.01. The summed E-state index contributed by atoms with van der Waals surface area (Å²) in [5, 5.41) is 5.63. The van der Waals surface area contributed by atoms with Crippen LogP contribution in [0, 0.1) is 0 Å². The van der Waals surface area contributed by atoms with E-state index in [-0.39, 0.29) is 24.0 Å². The zero-order valence-electron chi connectivity index (χ0n) is 16.6. The van der Waals surface area contributed by atoms with Crippen LogP contribution >= 0.6 is 35.3 Å². The molecular weight excluding hydrogens is 469 g/mol. The highest BCUT2D eigenvalue weighted by Gasteiger charge is 2.24. The highest BCUT2D eigenvalue weighted by atomic mass is 127. The maximum Gasteiger partial charge on any atom is 0.194 e. The van der Waals surface area contributed by atoms with Crippen LogP contribution in [0.1, 0.15) is 36.4 Å². The number of likely N-dealkylation sites (tertiary alicyclic amines) is 1. The van der Waals surface area contributed by atoms with E-state index in [1.165, 1.54) is 36.5 Å². The summed E-state index contributed by atoms with van der Waals surface area (Å²) in [4.78, 5) is 11.2. The van der Waals surface area contributed by atoms with Crippen LogP contribution in [0.25, 0.3) is 0 Å². The third-order valence-electron chi connectivity index (χ3n) is 5.01. The standard InChI is InChI=1S/C20H31N5S.HI/c1-4-21-20(24(3)16-17-9-7-11-23(17)2)22-15-18(19-10-8-14-26-19)25-12-5-6-13-25;/h7-11,14,18H,4-6,12-13,15-16H2,1-3H3,(H,21,22);1H. The Morgan fingerprint density at radius 2 is 2.07 bits per heavy atom. The lowest BCUT2D eigenvalue weighted by Crippen LogP contribution is -2.39. The van der Waals surface area contributed by atoms with Crippen LogP contribution in [0.5, 0.6) is 0 Å². The van der Waals surface area contributed by atoms with Crippen molar-refractivity contribution in [1.82, 2.24) is 19.7 Å². The highest BCUT2D eigenvalue weighted by molar-refractivity contribution is 14.0. The van der Waals surface area contributed by atoms with E-state index in [2.05, 4.69) is 76.5 Å². The monoisotopic (exact) mass is 501 g/mol. The summed E-state index contributed by atoms with van der Waals surface area (Å²) in [7, 11) is 4.21. The summed E-state index contributed by atoms with van der Waals surface area (Å²) >= 11 is 1.85. The second-order valence-electron chi connectivity index (χ2n) is 6.94. The van der Waals surface area contributed by atoms with Crippen LogP contribution < -0.4 is 5.32 Å². The summed E-state index contributed by atoms with van der Waals surface area (Å²) in [5.41, 5.74) is 1.28. The minimum atomic E-state index is 0. The maximum absolute atomic E-state index is 5.01. The number of guanidine groups is 1. The third kappa shape index (κ3) is 5.96. The molecule has 1 N–H and O–H groups in total. The topological polar surface area (TPSA) is 35.8 Å². The average molecular weight is 501 g/mol. The van der Waals surface area contributed by atoms with Gasteiger partial charge in [0.05, 0.1) is 19.1 Å². The fourth-order valence-electron chi connectivity index (χ4n) is 3.54. The molecule has 0 amide bonds. The molecule has 3 heterocycles. The van der Waals surface area contributed by atoms with Gasteiger partial charge in [-0.25, -0.2) is 0 Å². The number of rotatable bonds is 7. The number of nitrogens with one attached hydrogen (secondary N) is 1. The molecule has 1 atom stereocenters. The molecule has 5 nitrogen and oxygen atoms in total. The summed E-state index contributed by atoms with van der Waals surface area (Å²) in [6.45, 7) is 7.04. The molecule has 0 bridgehead atoms. The Labute approximate surface area is 184 Å². The minimum absolute atomic E-state index is 0. The zero-order chi connectivity index (χ0) is 18.4. The van der Waals surface area contributed by atoms with Gasteiger partial charge in [0, 0.05) is 37.4 Å². The summed E-state index contributed by atoms with van der Waals surface area (Å²) in [5.74, 6) is 0.981. The second-order valence-corrected chi connectivity index (χ2v) is 7.91. The smallest absolute Gasteiger partial charge is 0.194 e. The molecule has 2 aromatic heterocycles. The minimum Gasteiger partial charge on any atom is -0.357 e. The first-order valence-electron chi connectivity index (χ1n) is 9.56. The number of aliphatic imine (C=N–C) groups is 1. The van der Waals surface area contributed by atoms with Crippen LogP contribution in [0.2, 0.25) is 0 Å². The third-order valence-corrected chi connectivity index (χ3v) is 5.99. The zero-order valence-corrected chi connectivity index (χ0v) is 19.7. The van der Waals surface area contributed by atoms with E-state index in [1.807, 2.05) is 11.3 Å². The fourth-order valence-corrected chi connectivity index (χ4v) is 4.39. The molecule has 0 aliphatic carbocycles. The lowest BCUT2D eigenvalue weighted by Gasteiger charge is -2.27. The van der Waals surface area contributed by atoms with Crippen molar-refractivity contribution < 1.29 is 0 Å². The van der Waals surface area contributed by atoms with E-state index in [0.29, 0.717) is 6.04 Å². The van der Waals surface area contributed by atoms with Crippen molar-refractivity contribution in [3.8, 4) is 0 Å². The van der Waals surface area contributed by atoms with Gasteiger partial charge >= 0.3 is 0 Å². The molecule has 2 aromatic rings. The number of hydrogen-bond donors (Lipinski definition) is 1. The van der Waals surface area contributed by atoms with Gasteiger partial charge in [0.2, 0.25) is 0 Å². The van der Waals surface area contributed by atoms with E-state index < -0.39 is 0 Å². The van der Waals surface area contributed by atoms with Crippen LogP contribution in [0.3, 0.4) is 0 Å². The van der Waals surface area contributed by atoms with Crippen molar-refractivity contribution in [3.05, 3.63) is 46.4 Å². The number of thiophene rings is 1. The molecule has 1 aliphatic heterocycles. The predicted molar refractivity (Wildman–Crippen MR) is 126 cm³/mol. The molecular formula is C20H32IN5S. The Morgan fingerprint density at radius 3 is 2.67 bits per heavy atom. The van der Waals surface area contributed by atoms with Crippen molar-refractivity contribution in [2.75, 3.05) is 33.2 Å². The molecule has 3 rings (SSSR count). The van der Waals surface area contributed by atoms with Gasteiger partial charge in [-0.1, -0.05) is 6.07 Å². The van der Waals surface area contributed by atoms with E-state index in [9.17, 15) is 0 Å². The summed E-state index contributed by atoms with van der Waals surface area (Å²) in [6, 6.07) is 9.06. The molecule has 0 radical (unpaired) electrons. The Bertz CT molecular complexity index is 691. The van der Waals surface area contributed by atoms with E-state index in [0.717, 1.165) is 25.6 Å². The molecule has 1 aliphatic rings. The van der Waals surface area contributed by atoms with Crippen LogP contribution in [-0.2, 0) is 13.6 Å². The molecule has 1 fully saturated rings. The SMILES string of the molecule is CCNC(=NCC(c1cccs1)N1CCCC1)N(C)Cc1cccn1C.I. The van der Waals surface area contributed by atoms with Gasteiger partial charge in [-0.3, -0.25) is 9.89 Å².